The first kappa shape index (κ1) is 53.9. The molecule has 0 unspecified atom stereocenters. The number of thiazole rings is 1. The van der Waals surface area contributed by atoms with E-state index in [0.717, 1.165) is 21.8 Å². The van der Waals surface area contributed by atoms with Crippen LogP contribution in [0.15, 0.2) is 29.9 Å². The van der Waals surface area contributed by atoms with Crippen LogP contribution >= 0.6 is 22.9 Å². The molecule has 0 bridgehead atoms. The molecule has 5 aliphatic rings. The van der Waals surface area contributed by atoms with Gasteiger partial charge < -0.3 is 35.6 Å². The van der Waals surface area contributed by atoms with Gasteiger partial charge in [0.2, 0.25) is 41.4 Å². The summed E-state index contributed by atoms with van der Waals surface area (Å²) in [5, 5.41) is 8.84. The molecule has 2 aliphatic heterocycles. The zero-order chi connectivity index (χ0) is 51.7. The number of likely N-dealkylation sites (tertiary alicyclic amines) is 1. The third kappa shape index (κ3) is 11.5. The molecular weight excluding hydrogens is 968 g/mol. The number of alkyl halides is 4. The van der Waals surface area contributed by atoms with Crippen molar-refractivity contribution in [3.05, 3.63) is 40.5 Å². The van der Waals surface area contributed by atoms with Gasteiger partial charge in [-0.05, 0) is 119 Å². The standard InChI is InChI=1S/C50H67ClF4N8O7S/c1-7-62(46(69)40(30-12-13-30)59-43(66)38-22-33(52)24-63(38)47(70)49(50(53,54)55)25-48(26-49)16-10-17-48)36-11-8-9-18-60(5)44(67)29(4)57-42(65)37(61(6)45(68)35(19-28(2)3)58-41(36)64)21-31-20-32(51)14-15-34(31)39-23-56-27-71-39/h14-15,20,23,27-30,33,35-38,40H,7-13,16-19,21-22,24-26H2,1-6H3,(H,57,65)(H,58,64)(H,59,66)/t29-,33-,35+,36+,37+,38+,40+/m1/s1. The molecule has 1 aromatic carbocycles. The Morgan fingerprint density at radius 2 is 1.70 bits per heavy atom. The van der Waals surface area contributed by atoms with Crippen LogP contribution in [-0.4, -0.2) is 148 Å². The second kappa shape index (κ2) is 21.7. The third-order valence-electron chi connectivity index (χ3n) is 15.4. The maximum atomic E-state index is 15.2. The number of halogens is 5. The van der Waals surface area contributed by atoms with Crippen LogP contribution in [0, 0.1) is 22.7 Å². The number of likely N-dealkylation sites (N-methyl/N-ethyl adjacent to an activating group) is 3. The highest BCUT2D eigenvalue weighted by molar-refractivity contribution is 7.13. The van der Waals surface area contributed by atoms with E-state index in [9.17, 15) is 46.7 Å². The van der Waals surface area contributed by atoms with Crippen molar-refractivity contribution in [1.29, 1.82) is 0 Å². The maximum absolute atomic E-state index is 15.2. The second-order valence-corrected chi connectivity index (χ2v) is 22.4. The predicted octanol–water partition coefficient (Wildman–Crippen LogP) is 6.07. The van der Waals surface area contributed by atoms with Gasteiger partial charge in [-0.25, -0.2) is 4.39 Å². The first-order valence-electron chi connectivity index (χ1n) is 24.9. The number of hydrogen-bond donors (Lipinski definition) is 3. The number of carbonyl (C=O) groups excluding carboxylic acids is 7. The minimum atomic E-state index is -4.91. The lowest BCUT2D eigenvalue weighted by atomic mass is 9.44. The molecule has 3 heterocycles. The van der Waals surface area contributed by atoms with Crippen LogP contribution in [0.5, 0.6) is 0 Å². The molecule has 21 heteroatoms. The smallest absolute Gasteiger partial charge is 0.344 e. The molecule has 15 nitrogen and oxygen atoms in total. The summed E-state index contributed by atoms with van der Waals surface area (Å²) in [6, 6.07) is -2.20. The Bertz CT molecular complexity index is 2320. The van der Waals surface area contributed by atoms with Gasteiger partial charge in [0.05, 0.1) is 16.9 Å². The van der Waals surface area contributed by atoms with Crippen LogP contribution in [0.25, 0.3) is 10.4 Å². The Hall–Kier alpha value is -4.85. The Balaban J connectivity index is 1.16. The van der Waals surface area contributed by atoms with Crippen LogP contribution in [0.4, 0.5) is 17.6 Å². The van der Waals surface area contributed by atoms with E-state index >= 15 is 4.39 Å². The molecule has 71 heavy (non-hydrogen) atoms. The summed E-state index contributed by atoms with van der Waals surface area (Å²) in [5.41, 5.74) is -0.242. The van der Waals surface area contributed by atoms with Crippen LogP contribution in [-0.2, 0) is 40.0 Å². The van der Waals surface area contributed by atoms with Crippen molar-refractivity contribution in [2.45, 2.75) is 160 Å². The van der Waals surface area contributed by atoms with E-state index in [1.807, 2.05) is 13.8 Å². The number of rotatable bonds is 12. The highest BCUT2D eigenvalue weighted by Gasteiger charge is 2.74. The summed E-state index contributed by atoms with van der Waals surface area (Å²) in [6.45, 7) is 6.47. The van der Waals surface area contributed by atoms with Crippen LogP contribution in [0.3, 0.4) is 0 Å². The van der Waals surface area contributed by atoms with Gasteiger partial charge in [-0.15, -0.1) is 11.3 Å². The van der Waals surface area contributed by atoms with Crippen LogP contribution in [0.1, 0.15) is 110 Å². The van der Waals surface area contributed by atoms with E-state index in [4.69, 9.17) is 11.6 Å². The Morgan fingerprint density at radius 3 is 2.30 bits per heavy atom. The molecule has 2 aromatic rings. The monoisotopic (exact) mass is 1030 g/mol. The highest BCUT2D eigenvalue weighted by atomic mass is 35.5. The van der Waals surface area contributed by atoms with Crippen molar-refractivity contribution in [3.63, 3.8) is 0 Å². The Kier molecular flexibility index (Phi) is 16.5. The molecule has 3 aliphatic carbocycles. The number of nitrogens with one attached hydrogen (secondary N) is 3. The molecule has 390 valence electrons. The largest absolute Gasteiger partial charge is 0.403 e. The van der Waals surface area contributed by atoms with E-state index in [-0.39, 0.29) is 38.3 Å². The molecule has 3 N–H and O–H groups in total. The van der Waals surface area contributed by atoms with Gasteiger partial charge in [0, 0.05) is 51.2 Å². The minimum absolute atomic E-state index is 0.0291. The number of amides is 7. The molecule has 1 aromatic heterocycles. The number of hydrogen-bond acceptors (Lipinski definition) is 9. The summed E-state index contributed by atoms with van der Waals surface area (Å²) in [5.74, 6) is -5.74. The Labute approximate surface area is 421 Å². The van der Waals surface area contributed by atoms with Crippen LogP contribution in [0.2, 0.25) is 5.02 Å². The van der Waals surface area contributed by atoms with Gasteiger partial charge in [-0.1, -0.05) is 37.9 Å². The third-order valence-corrected chi connectivity index (χ3v) is 16.5. The summed E-state index contributed by atoms with van der Waals surface area (Å²) in [6.07, 6.45) is -2.48. The predicted molar refractivity (Wildman–Crippen MR) is 258 cm³/mol. The highest BCUT2D eigenvalue weighted by Crippen LogP contribution is 2.69. The lowest BCUT2D eigenvalue weighted by Crippen LogP contribution is -2.66. The quantitative estimate of drug-likeness (QED) is 0.214. The fraction of sp³-hybridized carbons (Fsp3) is 0.680. The fourth-order valence-corrected chi connectivity index (χ4v) is 12.1. The molecule has 2 saturated heterocycles. The molecule has 5 fully saturated rings. The zero-order valence-corrected chi connectivity index (χ0v) is 42.9. The van der Waals surface area contributed by atoms with Gasteiger partial charge in [-0.2, -0.15) is 13.2 Å². The van der Waals surface area contributed by atoms with E-state index in [1.165, 1.54) is 33.1 Å². The first-order chi connectivity index (χ1) is 33.5. The Morgan fingerprint density at radius 1 is 1.00 bits per heavy atom. The van der Waals surface area contributed by atoms with Crippen molar-refractivity contribution in [2.24, 2.45) is 22.7 Å². The van der Waals surface area contributed by atoms with Crippen molar-refractivity contribution in [2.75, 3.05) is 33.7 Å². The molecule has 7 rings (SSSR count). The number of aromatic nitrogens is 1. The topological polar surface area (TPSA) is 181 Å². The van der Waals surface area contributed by atoms with Crippen LogP contribution < -0.4 is 16.0 Å². The summed E-state index contributed by atoms with van der Waals surface area (Å²) < 4.78 is 59.4. The molecule has 7 amide bonds. The normalized spacial score (nSPS) is 26.9. The van der Waals surface area contributed by atoms with Gasteiger partial charge >= 0.3 is 6.18 Å². The minimum Gasteiger partial charge on any atom is -0.344 e. The van der Waals surface area contributed by atoms with Gasteiger partial charge in [-0.3, -0.25) is 38.5 Å². The van der Waals surface area contributed by atoms with Gasteiger partial charge in [0.1, 0.15) is 47.8 Å². The summed E-state index contributed by atoms with van der Waals surface area (Å²) >= 11 is 7.88. The van der Waals surface area contributed by atoms with E-state index in [1.54, 1.807) is 50.8 Å². The molecule has 0 radical (unpaired) electrons. The number of nitrogens with zero attached hydrogens (tertiary/aromatic N) is 5. The van der Waals surface area contributed by atoms with Crippen molar-refractivity contribution >= 4 is 64.3 Å². The van der Waals surface area contributed by atoms with Gasteiger partial charge in [0.25, 0.3) is 0 Å². The SMILES string of the molecule is CCN(C(=O)[C@@H](NC(=O)[C@@H]1C[C@@H](F)CN1C(=O)C1(C(F)(F)F)CC2(CCC2)C1)C1CC1)[C@H]1CCCCN(C)C(=O)[C@@H](C)NC(=O)[C@H](Cc2cc(Cl)ccc2-c2cncs2)N(C)C(=O)[C@H](CC(C)C)NC1=O. The van der Waals surface area contributed by atoms with E-state index < -0.39 is 133 Å². The molecule has 7 atom stereocenters. The number of benzene rings is 1. The molecular formula is C50H67ClF4N8O7S. The average Bonchev–Trinajstić information content (AvgIpc) is 3.82. The molecule has 3 saturated carbocycles. The van der Waals surface area contributed by atoms with Crippen molar-refractivity contribution in [1.82, 2.24) is 40.5 Å². The number of carbonyl (C=O) groups is 7. The summed E-state index contributed by atoms with van der Waals surface area (Å²) in [7, 11) is 3.04. The van der Waals surface area contributed by atoms with Crippen molar-refractivity contribution in [3.8, 4) is 10.4 Å². The van der Waals surface area contributed by atoms with E-state index in [0.29, 0.717) is 49.1 Å². The maximum Gasteiger partial charge on any atom is 0.403 e. The van der Waals surface area contributed by atoms with Crippen molar-refractivity contribution < 1.29 is 51.1 Å². The summed E-state index contributed by atoms with van der Waals surface area (Å²) in [4.78, 5) is 111. The van der Waals surface area contributed by atoms with E-state index in [2.05, 4.69) is 20.9 Å². The second-order valence-electron chi connectivity index (χ2n) is 21.1. The lowest BCUT2D eigenvalue weighted by molar-refractivity contribution is -0.285. The average molecular weight is 1040 g/mol. The zero-order valence-electron chi connectivity index (χ0n) is 41.3. The lowest BCUT2D eigenvalue weighted by Gasteiger charge is -2.60. The first-order valence-corrected chi connectivity index (χ1v) is 26.2. The fourth-order valence-electron chi connectivity index (χ4n) is 11.3. The van der Waals surface area contributed by atoms with Gasteiger partial charge in [0.15, 0.2) is 0 Å². The molecule has 1 spiro atoms.